The molecule has 27 heavy (non-hydrogen) atoms. The summed E-state index contributed by atoms with van der Waals surface area (Å²) >= 11 is 6.06. The Morgan fingerprint density at radius 2 is 1.59 bits per heavy atom. The molecule has 4 rings (SSSR count). The van der Waals surface area contributed by atoms with E-state index in [-0.39, 0.29) is 24.3 Å². The third kappa shape index (κ3) is 2.96. The largest absolute Gasteiger partial charge is 0.479 e. The summed E-state index contributed by atoms with van der Waals surface area (Å²) < 4.78 is 5.62. The number of ether oxygens (including phenoxy) is 1. The Morgan fingerprint density at radius 1 is 0.963 bits per heavy atom. The van der Waals surface area contributed by atoms with Crippen molar-refractivity contribution in [2.45, 2.75) is 19.4 Å². The van der Waals surface area contributed by atoms with Crippen molar-refractivity contribution in [2.75, 3.05) is 18.0 Å². The van der Waals surface area contributed by atoms with Crippen molar-refractivity contribution < 1.29 is 19.1 Å². The van der Waals surface area contributed by atoms with Crippen LogP contribution in [0, 0.1) is 0 Å². The van der Waals surface area contributed by atoms with Gasteiger partial charge in [-0.3, -0.25) is 19.3 Å². The molecule has 0 bridgehead atoms. The van der Waals surface area contributed by atoms with E-state index in [1.165, 1.54) is 4.90 Å². The van der Waals surface area contributed by atoms with Gasteiger partial charge in [-0.25, -0.2) is 0 Å². The van der Waals surface area contributed by atoms with Crippen molar-refractivity contribution >= 4 is 35.0 Å². The van der Waals surface area contributed by atoms with Gasteiger partial charge in [-0.2, -0.15) is 0 Å². The van der Waals surface area contributed by atoms with Crippen LogP contribution in [0.5, 0.6) is 5.75 Å². The predicted octanol–water partition coefficient (Wildman–Crippen LogP) is 3.14. The summed E-state index contributed by atoms with van der Waals surface area (Å²) in [6.07, 6.45) is -0.145. The van der Waals surface area contributed by atoms with E-state index in [2.05, 4.69) is 0 Å². The van der Waals surface area contributed by atoms with Crippen LogP contribution in [0.1, 0.15) is 34.1 Å². The molecule has 7 heteroatoms. The van der Waals surface area contributed by atoms with E-state index in [9.17, 15) is 14.4 Å². The lowest BCUT2D eigenvalue weighted by Gasteiger charge is -2.33. The van der Waals surface area contributed by atoms with E-state index in [0.29, 0.717) is 40.6 Å². The van der Waals surface area contributed by atoms with Gasteiger partial charge in [0.1, 0.15) is 5.75 Å². The van der Waals surface area contributed by atoms with Gasteiger partial charge in [-0.15, -0.1) is 0 Å². The first-order valence-electron chi connectivity index (χ1n) is 8.70. The maximum Gasteiger partial charge on any atom is 0.267 e. The third-order valence-electron chi connectivity index (χ3n) is 4.77. The fourth-order valence-corrected chi connectivity index (χ4v) is 3.61. The molecule has 0 radical (unpaired) electrons. The molecule has 0 aliphatic carbocycles. The number of nitrogens with zero attached hydrogens (tertiary/aromatic N) is 2. The number of hydrogen-bond donors (Lipinski definition) is 0. The highest BCUT2D eigenvalue weighted by atomic mass is 35.5. The third-order valence-corrected chi connectivity index (χ3v) is 5.01. The zero-order valence-corrected chi connectivity index (χ0v) is 15.4. The molecular weight excluding hydrogens is 368 g/mol. The summed E-state index contributed by atoms with van der Waals surface area (Å²) in [4.78, 5) is 40.3. The van der Waals surface area contributed by atoms with Crippen LogP contribution in [0.4, 0.5) is 5.69 Å². The van der Waals surface area contributed by atoms with Crippen LogP contribution < -0.4 is 9.64 Å². The zero-order valence-electron chi connectivity index (χ0n) is 14.6. The summed E-state index contributed by atoms with van der Waals surface area (Å²) in [5.74, 6) is -0.166. The molecule has 2 aromatic carbocycles. The summed E-state index contributed by atoms with van der Waals surface area (Å²) in [6.45, 7) is 2.28. The molecule has 3 amide bonds. The molecule has 2 aromatic rings. The Morgan fingerprint density at radius 3 is 2.26 bits per heavy atom. The second kappa shape index (κ2) is 6.70. The number of carbonyl (C=O) groups excluding carboxylic acids is 3. The van der Waals surface area contributed by atoms with Crippen LogP contribution >= 0.6 is 11.6 Å². The van der Waals surface area contributed by atoms with Crippen LogP contribution in [-0.4, -0.2) is 41.8 Å². The van der Waals surface area contributed by atoms with Gasteiger partial charge in [0.15, 0.2) is 6.10 Å². The molecule has 0 N–H and O–H groups in total. The molecule has 6 nitrogen and oxygen atoms in total. The summed E-state index contributed by atoms with van der Waals surface area (Å²) in [5, 5.41) is 0.505. The van der Waals surface area contributed by atoms with Gasteiger partial charge >= 0.3 is 0 Å². The van der Waals surface area contributed by atoms with E-state index in [1.807, 2.05) is 0 Å². The highest BCUT2D eigenvalue weighted by Crippen LogP contribution is 2.36. The maximum absolute atomic E-state index is 12.5. The van der Waals surface area contributed by atoms with Crippen molar-refractivity contribution in [2.24, 2.45) is 0 Å². The Kier molecular flexibility index (Phi) is 4.36. The van der Waals surface area contributed by atoms with Gasteiger partial charge < -0.3 is 9.64 Å². The first-order valence-corrected chi connectivity index (χ1v) is 9.08. The normalized spacial score (nSPS) is 18.4. The number of carbonyl (C=O) groups is 3. The van der Waals surface area contributed by atoms with Crippen LogP contribution in [-0.2, 0) is 4.79 Å². The summed E-state index contributed by atoms with van der Waals surface area (Å²) in [7, 11) is 0. The molecule has 2 aliphatic rings. The standard InChI is InChI=1S/C20H17ClN2O4/c1-12-18(24)22(16-11-13(21)7-8-17(16)27-12)9-4-10-23-19(25)14-5-2-3-6-15(14)20(23)26/h2-3,5-8,11-12H,4,9-10H2,1H3. The Bertz CT molecular complexity index is 924. The molecule has 0 saturated heterocycles. The van der Waals surface area contributed by atoms with Gasteiger partial charge in [0, 0.05) is 18.1 Å². The van der Waals surface area contributed by atoms with Crippen molar-refractivity contribution in [1.82, 2.24) is 4.90 Å². The van der Waals surface area contributed by atoms with Gasteiger partial charge in [-0.05, 0) is 43.7 Å². The Labute approximate surface area is 161 Å². The van der Waals surface area contributed by atoms with Crippen LogP contribution in [0.3, 0.4) is 0 Å². The Balaban J connectivity index is 1.48. The fourth-order valence-electron chi connectivity index (χ4n) is 3.44. The smallest absolute Gasteiger partial charge is 0.267 e. The number of benzene rings is 2. The Hall–Kier alpha value is -2.86. The van der Waals surface area contributed by atoms with E-state index in [0.717, 1.165) is 0 Å². The average Bonchev–Trinajstić information content (AvgIpc) is 2.90. The number of anilines is 1. The predicted molar refractivity (Wildman–Crippen MR) is 100 cm³/mol. The molecule has 1 unspecified atom stereocenters. The second-order valence-corrected chi connectivity index (χ2v) is 6.96. The van der Waals surface area contributed by atoms with Crippen molar-refractivity contribution in [3.63, 3.8) is 0 Å². The number of halogens is 1. The highest BCUT2D eigenvalue weighted by Gasteiger charge is 2.36. The molecule has 0 saturated carbocycles. The SMILES string of the molecule is CC1Oc2ccc(Cl)cc2N(CCCN2C(=O)c3ccccc3C2=O)C1=O. The quantitative estimate of drug-likeness (QED) is 0.759. The molecule has 0 fully saturated rings. The second-order valence-electron chi connectivity index (χ2n) is 6.52. The first-order chi connectivity index (χ1) is 13.0. The highest BCUT2D eigenvalue weighted by molar-refractivity contribution is 6.31. The molecule has 138 valence electrons. The van der Waals surface area contributed by atoms with Gasteiger partial charge in [0.05, 0.1) is 16.8 Å². The summed E-state index contributed by atoms with van der Waals surface area (Å²) in [5.41, 5.74) is 1.46. The molecule has 2 aliphatic heterocycles. The maximum atomic E-state index is 12.5. The van der Waals surface area contributed by atoms with Crippen molar-refractivity contribution in [3.05, 3.63) is 58.6 Å². The van der Waals surface area contributed by atoms with E-state index in [1.54, 1.807) is 54.3 Å². The first kappa shape index (κ1) is 17.5. The molecule has 1 atom stereocenters. The molecular formula is C20H17ClN2O4. The van der Waals surface area contributed by atoms with Gasteiger partial charge in [0.2, 0.25) is 0 Å². The minimum absolute atomic E-state index is 0.174. The molecule has 0 spiro atoms. The zero-order chi connectivity index (χ0) is 19.1. The van der Waals surface area contributed by atoms with E-state index in [4.69, 9.17) is 16.3 Å². The van der Waals surface area contributed by atoms with Crippen LogP contribution in [0.2, 0.25) is 5.02 Å². The number of amides is 3. The lowest BCUT2D eigenvalue weighted by atomic mass is 10.1. The van der Waals surface area contributed by atoms with Crippen molar-refractivity contribution in [3.8, 4) is 5.75 Å². The summed E-state index contributed by atoms with van der Waals surface area (Å²) in [6, 6.07) is 11.9. The number of hydrogen-bond acceptors (Lipinski definition) is 4. The number of fused-ring (bicyclic) bond motifs is 2. The van der Waals surface area contributed by atoms with E-state index < -0.39 is 6.10 Å². The topological polar surface area (TPSA) is 66.9 Å². The minimum Gasteiger partial charge on any atom is -0.479 e. The lowest BCUT2D eigenvalue weighted by molar-refractivity contribution is -0.125. The van der Waals surface area contributed by atoms with Crippen LogP contribution in [0.15, 0.2) is 42.5 Å². The fraction of sp³-hybridized carbons (Fsp3) is 0.250. The lowest BCUT2D eigenvalue weighted by Crippen LogP contribution is -2.45. The molecule has 0 aromatic heterocycles. The van der Waals surface area contributed by atoms with Crippen molar-refractivity contribution in [1.29, 1.82) is 0 Å². The minimum atomic E-state index is -0.599. The van der Waals surface area contributed by atoms with Gasteiger partial charge in [0.25, 0.3) is 17.7 Å². The molecule has 2 heterocycles. The number of rotatable bonds is 4. The number of imide groups is 1. The van der Waals surface area contributed by atoms with E-state index >= 15 is 0 Å². The average molecular weight is 385 g/mol. The van der Waals surface area contributed by atoms with Crippen LogP contribution in [0.25, 0.3) is 0 Å². The van der Waals surface area contributed by atoms with Gasteiger partial charge in [-0.1, -0.05) is 23.7 Å². The monoisotopic (exact) mass is 384 g/mol.